The number of nitrogen functional groups attached to an aromatic ring is 1. The summed E-state index contributed by atoms with van der Waals surface area (Å²) in [6.45, 7) is 3.92. The van der Waals surface area contributed by atoms with Gasteiger partial charge in [0.2, 0.25) is 0 Å². The Balaban J connectivity index is 1.48. The number of aliphatic hydroxyl groups is 1. The minimum absolute atomic E-state index is 0.0487. The lowest BCUT2D eigenvalue weighted by Crippen LogP contribution is -2.31. The van der Waals surface area contributed by atoms with Crippen molar-refractivity contribution >= 4 is 50.4 Å². The lowest BCUT2D eigenvalue weighted by Gasteiger charge is -2.25. The molecule has 4 rings (SSSR count). The van der Waals surface area contributed by atoms with Gasteiger partial charge in [0.15, 0.2) is 0 Å². The molecular formula is C24H30N6O3S. The number of thiophene rings is 1. The van der Waals surface area contributed by atoms with Gasteiger partial charge in [0.1, 0.15) is 9.71 Å². The van der Waals surface area contributed by atoms with Crippen molar-refractivity contribution in [1.29, 1.82) is 0 Å². The lowest BCUT2D eigenvalue weighted by atomic mass is 10.1. The number of aliphatic hydroxyl groups excluding tert-OH is 1. The van der Waals surface area contributed by atoms with Crippen LogP contribution in [0, 0.1) is 0 Å². The number of primary amides is 1. The zero-order chi connectivity index (χ0) is 24.2. The Bertz CT molecular complexity index is 1180. The van der Waals surface area contributed by atoms with Crippen LogP contribution in [0.1, 0.15) is 32.9 Å². The molecule has 1 aliphatic heterocycles. The number of fused-ring (bicyclic) bond motifs is 1. The topological polar surface area (TPSA) is 129 Å². The van der Waals surface area contributed by atoms with Crippen LogP contribution in [-0.4, -0.2) is 73.2 Å². The van der Waals surface area contributed by atoms with Crippen LogP contribution in [0.5, 0.6) is 0 Å². The van der Waals surface area contributed by atoms with Crippen molar-refractivity contribution in [3.63, 3.8) is 0 Å². The van der Waals surface area contributed by atoms with Gasteiger partial charge >= 0.3 is 0 Å². The Hall–Kier alpha value is -3.37. The van der Waals surface area contributed by atoms with Crippen LogP contribution in [0.4, 0.5) is 17.1 Å². The maximum atomic E-state index is 12.6. The van der Waals surface area contributed by atoms with Crippen LogP contribution >= 0.6 is 11.3 Å². The van der Waals surface area contributed by atoms with Gasteiger partial charge in [-0.2, -0.15) is 0 Å². The van der Waals surface area contributed by atoms with Gasteiger partial charge in [0.05, 0.1) is 16.8 Å². The molecule has 9 nitrogen and oxygen atoms in total. The van der Waals surface area contributed by atoms with Crippen molar-refractivity contribution in [2.75, 3.05) is 61.9 Å². The average Bonchev–Trinajstić information content (AvgIpc) is 3.02. The highest BCUT2D eigenvalue weighted by Crippen LogP contribution is 2.38. The quantitative estimate of drug-likeness (QED) is 0.471. The van der Waals surface area contributed by atoms with E-state index in [4.69, 9.17) is 16.6 Å². The van der Waals surface area contributed by atoms with Crippen LogP contribution in [0.3, 0.4) is 0 Å². The number of pyridine rings is 1. The molecule has 2 aromatic heterocycles. The molecule has 0 atom stereocenters. The SMILES string of the molecule is CN(CCCO)C(=O)c1ccc(N2CCCN(c3ccnc4sc(C(N)=O)c(N)c34)CC2)cc1. The van der Waals surface area contributed by atoms with E-state index in [-0.39, 0.29) is 12.5 Å². The maximum absolute atomic E-state index is 12.6. The minimum Gasteiger partial charge on any atom is -0.397 e. The molecule has 0 radical (unpaired) electrons. The van der Waals surface area contributed by atoms with E-state index in [1.807, 2.05) is 30.3 Å². The largest absolute Gasteiger partial charge is 0.397 e. The fourth-order valence-electron chi connectivity index (χ4n) is 4.34. The summed E-state index contributed by atoms with van der Waals surface area (Å²) in [5.41, 5.74) is 14.9. The van der Waals surface area contributed by atoms with Gasteiger partial charge in [-0.15, -0.1) is 11.3 Å². The summed E-state index contributed by atoms with van der Waals surface area (Å²) in [6, 6.07) is 9.64. The molecular weight excluding hydrogens is 452 g/mol. The smallest absolute Gasteiger partial charge is 0.260 e. The lowest BCUT2D eigenvalue weighted by molar-refractivity contribution is 0.0786. The zero-order valence-corrected chi connectivity index (χ0v) is 20.1. The molecule has 2 amide bonds. The van der Waals surface area contributed by atoms with E-state index >= 15 is 0 Å². The molecule has 1 saturated heterocycles. The van der Waals surface area contributed by atoms with E-state index in [1.54, 1.807) is 18.1 Å². The minimum atomic E-state index is -0.532. The van der Waals surface area contributed by atoms with Gasteiger partial charge in [-0.3, -0.25) is 9.59 Å². The summed E-state index contributed by atoms with van der Waals surface area (Å²) < 4.78 is 0. The second-order valence-corrected chi connectivity index (χ2v) is 9.40. The molecule has 0 saturated carbocycles. The first-order chi connectivity index (χ1) is 16.4. The van der Waals surface area contributed by atoms with E-state index in [9.17, 15) is 9.59 Å². The van der Waals surface area contributed by atoms with E-state index in [1.165, 1.54) is 11.3 Å². The van der Waals surface area contributed by atoms with Crippen molar-refractivity contribution in [2.24, 2.45) is 5.73 Å². The van der Waals surface area contributed by atoms with Crippen LogP contribution in [0.15, 0.2) is 36.5 Å². The molecule has 0 bridgehead atoms. The molecule has 1 fully saturated rings. The second-order valence-electron chi connectivity index (χ2n) is 8.40. The summed E-state index contributed by atoms with van der Waals surface area (Å²) >= 11 is 1.23. The summed E-state index contributed by atoms with van der Waals surface area (Å²) in [5, 5.41) is 9.77. The highest BCUT2D eigenvalue weighted by Gasteiger charge is 2.22. The zero-order valence-electron chi connectivity index (χ0n) is 19.2. The van der Waals surface area contributed by atoms with Crippen LogP contribution in [-0.2, 0) is 0 Å². The number of nitrogens with two attached hydrogens (primary N) is 2. The third kappa shape index (κ3) is 4.78. The Morgan fingerprint density at radius 1 is 1.12 bits per heavy atom. The highest BCUT2D eigenvalue weighted by atomic mass is 32.1. The molecule has 34 heavy (non-hydrogen) atoms. The van der Waals surface area contributed by atoms with Gasteiger partial charge in [0, 0.05) is 63.8 Å². The predicted octanol–water partition coefficient (Wildman–Crippen LogP) is 2.15. The number of rotatable bonds is 7. The van der Waals surface area contributed by atoms with E-state index < -0.39 is 5.91 Å². The van der Waals surface area contributed by atoms with Crippen molar-refractivity contribution in [3.05, 3.63) is 47.0 Å². The van der Waals surface area contributed by atoms with E-state index in [0.717, 1.165) is 49.4 Å². The van der Waals surface area contributed by atoms with Crippen molar-refractivity contribution in [3.8, 4) is 0 Å². The average molecular weight is 483 g/mol. The highest BCUT2D eigenvalue weighted by molar-refractivity contribution is 7.21. The number of carbonyl (C=O) groups excluding carboxylic acids is 2. The molecule has 10 heteroatoms. The standard InChI is InChI=1S/C24H30N6O3S/c1-28(10-3-15-31)24(33)16-4-6-17(7-5-16)29-11-2-12-30(14-13-29)18-8-9-27-23-19(18)20(25)21(34-23)22(26)32/h4-9,31H,2-3,10-15,25H2,1H3,(H2,26,32). The van der Waals surface area contributed by atoms with Crippen molar-refractivity contribution in [1.82, 2.24) is 9.88 Å². The number of aromatic nitrogens is 1. The summed E-state index contributed by atoms with van der Waals surface area (Å²) in [7, 11) is 1.75. The monoisotopic (exact) mass is 482 g/mol. The van der Waals surface area contributed by atoms with Gasteiger partial charge in [-0.1, -0.05) is 0 Å². The van der Waals surface area contributed by atoms with Crippen molar-refractivity contribution < 1.29 is 14.7 Å². The van der Waals surface area contributed by atoms with Crippen LogP contribution in [0.2, 0.25) is 0 Å². The summed E-state index contributed by atoms with van der Waals surface area (Å²) in [6.07, 6.45) is 3.25. The molecule has 3 aromatic rings. The maximum Gasteiger partial charge on any atom is 0.260 e. The van der Waals surface area contributed by atoms with Crippen LogP contribution < -0.4 is 21.3 Å². The van der Waals surface area contributed by atoms with E-state index in [0.29, 0.717) is 33.9 Å². The summed E-state index contributed by atoms with van der Waals surface area (Å²) in [4.78, 5) is 36.0. The Labute approximate surface area is 202 Å². The normalized spacial score (nSPS) is 14.3. The number of benzene rings is 1. The van der Waals surface area contributed by atoms with Gasteiger partial charge in [-0.25, -0.2) is 4.98 Å². The first-order valence-corrected chi connectivity index (χ1v) is 12.2. The number of carbonyl (C=O) groups is 2. The fourth-order valence-corrected chi connectivity index (χ4v) is 5.27. The Morgan fingerprint density at radius 3 is 2.53 bits per heavy atom. The Morgan fingerprint density at radius 2 is 1.82 bits per heavy atom. The Kier molecular flexibility index (Phi) is 7.18. The number of anilines is 3. The second kappa shape index (κ2) is 10.3. The third-order valence-electron chi connectivity index (χ3n) is 6.15. The van der Waals surface area contributed by atoms with E-state index in [2.05, 4.69) is 14.8 Å². The predicted molar refractivity (Wildman–Crippen MR) is 137 cm³/mol. The molecule has 3 heterocycles. The van der Waals surface area contributed by atoms with Gasteiger partial charge < -0.3 is 31.3 Å². The first-order valence-electron chi connectivity index (χ1n) is 11.3. The molecule has 1 aliphatic rings. The van der Waals surface area contributed by atoms with Crippen molar-refractivity contribution in [2.45, 2.75) is 12.8 Å². The van der Waals surface area contributed by atoms with Gasteiger partial charge in [0.25, 0.3) is 11.8 Å². The molecule has 0 aliphatic carbocycles. The van der Waals surface area contributed by atoms with Crippen LogP contribution in [0.25, 0.3) is 10.2 Å². The number of amides is 2. The number of hydrogen-bond donors (Lipinski definition) is 3. The molecule has 0 unspecified atom stereocenters. The molecule has 0 spiro atoms. The first kappa shape index (κ1) is 23.8. The molecule has 5 N–H and O–H groups in total. The fraction of sp³-hybridized carbons (Fsp3) is 0.375. The third-order valence-corrected chi connectivity index (χ3v) is 7.27. The number of hydrogen-bond acceptors (Lipinski definition) is 8. The van der Waals surface area contributed by atoms with Gasteiger partial charge in [-0.05, 0) is 43.2 Å². The summed E-state index contributed by atoms with van der Waals surface area (Å²) in [5.74, 6) is -0.581. The molecule has 1 aromatic carbocycles. The molecule has 180 valence electrons. The number of nitrogens with zero attached hydrogens (tertiary/aromatic N) is 4.